The molecule has 1 aliphatic rings. The second kappa shape index (κ2) is 8.15. The van der Waals surface area contributed by atoms with Gasteiger partial charge < -0.3 is 14.6 Å². The smallest absolute Gasteiger partial charge is 0.410 e. The third-order valence-electron chi connectivity index (χ3n) is 5.52. The van der Waals surface area contributed by atoms with E-state index in [0.29, 0.717) is 18.7 Å². The van der Waals surface area contributed by atoms with Crippen LogP contribution in [-0.2, 0) is 4.74 Å². The van der Waals surface area contributed by atoms with Crippen molar-refractivity contribution in [3.05, 3.63) is 56.5 Å². The van der Waals surface area contributed by atoms with Crippen molar-refractivity contribution in [3.8, 4) is 11.1 Å². The fraction of sp³-hybridized carbons (Fsp3) is 0.435. The van der Waals surface area contributed by atoms with E-state index in [9.17, 15) is 9.59 Å². The fourth-order valence-corrected chi connectivity index (χ4v) is 4.38. The molecule has 0 radical (unpaired) electrons. The predicted octanol–water partition coefficient (Wildman–Crippen LogP) is 4.88. The summed E-state index contributed by atoms with van der Waals surface area (Å²) < 4.78 is 8.35. The standard InChI is InChI=1S/C23H27BrN4O3/c1-14-20(16-5-7-17(24)8-6-16)21-25-19(29)13-18(28(21)26-14)15-9-11-27(12-10-15)22(30)31-23(2,3)4/h5-8,13,15H,9-12H2,1-4H3,(H,25,29). The minimum atomic E-state index is -0.511. The Balaban J connectivity index is 1.64. The number of piperidine rings is 1. The lowest BCUT2D eigenvalue weighted by molar-refractivity contribution is 0.0203. The Morgan fingerprint density at radius 2 is 1.84 bits per heavy atom. The number of likely N-dealkylation sites (tertiary alicyclic amines) is 1. The molecule has 1 saturated heterocycles. The van der Waals surface area contributed by atoms with Crippen molar-refractivity contribution in [3.63, 3.8) is 0 Å². The van der Waals surface area contributed by atoms with Gasteiger partial charge in [0, 0.05) is 35.1 Å². The number of rotatable bonds is 2. The molecule has 1 amide bonds. The first kappa shape index (κ1) is 21.6. The lowest BCUT2D eigenvalue weighted by Crippen LogP contribution is -2.41. The van der Waals surface area contributed by atoms with Crippen LogP contribution in [0.4, 0.5) is 4.79 Å². The van der Waals surface area contributed by atoms with Crippen LogP contribution in [0, 0.1) is 6.92 Å². The number of hydrogen-bond acceptors (Lipinski definition) is 4. The summed E-state index contributed by atoms with van der Waals surface area (Å²) in [6, 6.07) is 9.62. The molecule has 3 aromatic rings. The second-order valence-corrected chi connectivity index (χ2v) is 9.94. The molecule has 2 aromatic heterocycles. The fourth-order valence-electron chi connectivity index (χ4n) is 4.12. The summed E-state index contributed by atoms with van der Waals surface area (Å²) in [7, 11) is 0. The molecule has 1 aliphatic heterocycles. The van der Waals surface area contributed by atoms with Crippen molar-refractivity contribution in [2.45, 2.75) is 52.1 Å². The van der Waals surface area contributed by atoms with Gasteiger partial charge in [0.2, 0.25) is 0 Å². The number of ether oxygens (including phenoxy) is 1. The maximum atomic E-state index is 12.5. The second-order valence-electron chi connectivity index (χ2n) is 9.03. The van der Waals surface area contributed by atoms with Crippen LogP contribution in [0.5, 0.6) is 0 Å². The van der Waals surface area contributed by atoms with Gasteiger partial charge in [-0.3, -0.25) is 4.79 Å². The third kappa shape index (κ3) is 4.54. The SMILES string of the molecule is Cc1nn2c(C3CCN(C(=O)OC(C)(C)C)CC3)cc(=O)[nH]c2c1-c1ccc(Br)cc1. The summed E-state index contributed by atoms with van der Waals surface area (Å²) in [4.78, 5) is 29.6. The summed E-state index contributed by atoms with van der Waals surface area (Å²) in [5, 5.41) is 4.76. The van der Waals surface area contributed by atoms with Crippen molar-refractivity contribution in [1.29, 1.82) is 0 Å². The van der Waals surface area contributed by atoms with Crippen molar-refractivity contribution in [2.75, 3.05) is 13.1 Å². The molecule has 164 valence electrons. The predicted molar refractivity (Wildman–Crippen MR) is 123 cm³/mol. The van der Waals surface area contributed by atoms with E-state index in [2.05, 4.69) is 20.9 Å². The normalized spacial score (nSPS) is 15.5. The Morgan fingerprint density at radius 3 is 2.45 bits per heavy atom. The first-order chi connectivity index (χ1) is 14.6. The highest BCUT2D eigenvalue weighted by molar-refractivity contribution is 9.10. The van der Waals surface area contributed by atoms with Crippen molar-refractivity contribution >= 4 is 27.7 Å². The molecule has 0 bridgehead atoms. The molecule has 7 nitrogen and oxygen atoms in total. The number of aromatic amines is 1. The van der Waals surface area contributed by atoms with E-state index < -0.39 is 5.60 Å². The quantitative estimate of drug-likeness (QED) is 0.559. The number of carbonyl (C=O) groups excluding carboxylic acids is 1. The molecule has 1 N–H and O–H groups in total. The van der Waals surface area contributed by atoms with E-state index in [0.717, 1.165) is 39.8 Å². The Labute approximate surface area is 189 Å². The van der Waals surface area contributed by atoms with Gasteiger partial charge in [-0.05, 0) is 58.2 Å². The Morgan fingerprint density at radius 1 is 1.19 bits per heavy atom. The summed E-state index contributed by atoms with van der Waals surface area (Å²) >= 11 is 3.47. The van der Waals surface area contributed by atoms with Crippen LogP contribution < -0.4 is 5.56 Å². The number of nitrogens with zero attached hydrogens (tertiary/aromatic N) is 3. The van der Waals surface area contributed by atoms with Gasteiger partial charge in [0.25, 0.3) is 5.56 Å². The topological polar surface area (TPSA) is 79.7 Å². The number of aryl methyl sites for hydroxylation is 1. The highest BCUT2D eigenvalue weighted by Crippen LogP contribution is 2.32. The first-order valence-corrected chi connectivity index (χ1v) is 11.3. The number of H-pyrrole nitrogens is 1. The van der Waals surface area contributed by atoms with Crippen LogP contribution in [0.2, 0.25) is 0 Å². The Bertz CT molecular complexity index is 1170. The summed E-state index contributed by atoms with van der Waals surface area (Å²) in [6.45, 7) is 8.74. The molecule has 0 unspecified atom stereocenters. The van der Waals surface area contributed by atoms with Gasteiger partial charge in [-0.25, -0.2) is 9.31 Å². The number of nitrogens with one attached hydrogen (secondary N) is 1. The van der Waals surface area contributed by atoms with Crippen LogP contribution in [-0.4, -0.2) is 44.3 Å². The molecule has 4 rings (SSSR count). The van der Waals surface area contributed by atoms with Crippen LogP contribution in [0.1, 0.15) is 50.9 Å². The number of benzene rings is 1. The van der Waals surface area contributed by atoms with E-state index in [1.165, 1.54) is 0 Å². The van der Waals surface area contributed by atoms with Gasteiger partial charge in [0.05, 0.1) is 11.4 Å². The van der Waals surface area contributed by atoms with Gasteiger partial charge in [-0.15, -0.1) is 0 Å². The maximum Gasteiger partial charge on any atom is 0.410 e. The average Bonchev–Trinajstić information content (AvgIpc) is 3.02. The highest BCUT2D eigenvalue weighted by atomic mass is 79.9. The number of amides is 1. The zero-order valence-electron chi connectivity index (χ0n) is 18.2. The molecule has 0 aliphatic carbocycles. The van der Waals surface area contributed by atoms with E-state index in [4.69, 9.17) is 9.84 Å². The Hall–Kier alpha value is -2.61. The lowest BCUT2D eigenvalue weighted by atomic mass is 9.93. The molecule has 3 heterocycles. The number of hydrogen-bond donors (Lipinski definition) is 1. The lowest BCUT2D eigenvalue weighted by Gasteiger charge is -2.33. The van der Waals surface area contributed by atoms with Crippen LogP contribution >= 0.6 is 15.9 Å². The van der Waals surface area contributed by atoms with Gasteiger partial charge in [0.1, 0.15) is 11.2 Å². The van der Waals surface area contributed by atoms with E-state index in [1.807, 2.05) is 56.5 Å². The summed E-state index contributed by atoms with van der Waals surface area (Å²) in [5.74, 6) is 0.139. The van der Waals surface area contributed by atoms with E-state index >= 15 is 0 Å². The van der Waals surface area contributed by atoms with Crippen molar-refractivity contribution in [1.82, 2.24) is 19.5 Å². The van der Waals surface area contributed by atoms with Gasteiger partial charge >= 0.3 is 6.09 Å². The van der Waals surface area contributed by atoms with Crippen molar-refractivity contribution < 1.29 is 9.53 Å². The van der Waals surface area contributed by atoms with Gasteiger partial charge in [0.15, 0.2) is 0 Å². The Kier molecular flexibility index (Phi) is 5.68. The molecular weight excluding hydrogens is 460 g/mol. The minimum Gasteiger partial charge on any atom is -0.444 e. The molecule has 1 aromatic carbocycles. The molecule has 0 spiro atoms. The number of fused-ring (bicyclic) bond motifs is 1. The number of aromatic nitrogens is 3. The van der Waals surface area contributed by atoms with Gasteiger partial charge in [-0.2, -0.15) is 5.10 Å². The largest absolute Gasteiger partial charge is 0.444 e. The summed E-state index contributed by atoms with van der Waals surface area (Å²) in [5.41, 5.74) is 3.72. The summed E-state index contributed by atoms with van der Waals surface area (Å²) in [6.07, 6.45) is 1.23. The van der Waals surface area contributed by atoms with Crippen LogP contribution in [0.3, 0.4) is 0 Å². The highest BCUT2D eigenvalue weighted by Gasteiger charge is 2.29. The first-order valence-electron chi connectivity index (χ1n) is 10.5. The van der Waals surface area contributed by atoms with Crippen molar-refractivity contribution in [2.24, 2.45) is 0 Å². The van der Waals surface area contributed by atoms with Gasteiger partial charge in [-0.1, -0.05) is 28.1 Å². The zero-order chi connectivity index (χ0) is 22.3. The molecule has 8 heteroatoms. The number of carbonyl (C=O) groups is 1. The van der Waals surface area contributed by atoms with E-state index in [1.54, 1.807) is 11.0 Å². The van der Waals surface area contributed by atoms with Crippen LogP contribution in [0.25, 0.3) is 16.8 Å². The van der Waals surface area contributed by atoms with Crippen LogP contribution in [0.15, 0.2) is 39.6 Å². The molecule has 0 saturated carbocycles. The monoisotopic (exact) mass is 486 g/mol. The molecule has 0 atom stereocenters. The molecule has 1 fully saturated rings. The van der Waals surface area contributed by atoms with E-state index in [-0.39, 0.29) is 17.6 Å². The third-order valence-corrected chi connectivity index (χ3v) is 6.05. The molecule has 31 heavy (non-hydrogen) atoms. The number of halogens is 1. The molecular formula is C23H27BrN4O3. The maximum absolute atomic E-state index is 12.5. The minimum absolute atomic E-state index is 0.139. The zero-order valence-corrected chi connectivity index (χ0v) is 19.8. The average molecular weight is 487 g/mol.